The van der Waals surface area contributed by atoms with Crippen LogP contribution in [0, 0.1) is 18.8 Å². The number of esters is 1. The van der Waals surface area contributed by atoms with E-state index in [0.717, 1.165) is 77.4 Å². The summed E-state index contributed by atoms with van der Waals surface area (Å²) in [5.74, 6) is 0.611. The van der Waals surface area contributed by atoms with Gasteiger partial charge in [0.2, 0.25) is 0 Å². The molecule has 1 aliphatic carbocycles. The molecule has 1 atom stereocenters. The maximum Gasteiger partial charge on any atom is 0.306 e. The van der Waals surface area contributed by atoms with Crippen molar-refractivity contribution in [3.05, 3.63) is 118 Å². The molecule has 1 unspecified atom stereocenters. The highest BCUT2D eigenvalue weighted by molar-refractivity contribution is 5.95. The van der Waals surface area contributed by atoms with Gasteiger partial charge in [-0.25, -0.2) is 0 Å². The van der Waals surface area contributed by atoms with Crippen LogP contribution in [0.25, 0.3) is 23.1 Å². The Morgan fingerprint density at radius 1 is 1.21 bits per heavy atom. The van der Waals surface area contributed by atoms with Gasteiger partial charge in [-0.15, -0.1) is 5.73 Å². The van der Waals surface area contributed by atoms with E-state index >= 15 is 0 Å². The SMILES string of the molecule is CCCC(=C\CC(C)CC(=O)OCC1CNC1)/C1=C/CC=C=c2ccc(C3=C(c4cccc(C)n4)NC=CC=C3)c\c2=C\1. The highest BCUT2D eigenvalue weighted by Gasteiger charge is 2.19. The van der Waals surface area contributed by atoms with E-state index in [4.69, 9.17) is 9.72 Å². The number of rotatable bonds is 11. The molecule has 3 heterocycles. The molecule has 2 aromatic rings. The Morgan fingerprint density at radius 3 is 2.88 bits per heavy atom. The zero-order chi connectivity index (χ0) is 30.0. The van der Waals surface area contributed by atoms with Gasteiger partial charge < -0.3 is 15.4 Å². The van der Waals surface area contributed by atoms with Crippen LogP contribution < -0.4 is 21.1 Å². The van der Waals surface area contributed by atoms with Crippen LogP contribution in [-0.4, -0.2) is 30.6 Å². The number of aromatic nitrogens is 1. The standard InChI is InChI=1S/C38H43N3O2/c1-4-10-30(17-16-27(2)21-37(42)43-26-29-24-39-25-29)32-13-6-5-12-31-18-19-33(23-34(31)22-32)35-14-7-8-20-40-38(35)36-15-9-11-28(3)41-36/h5,7-9,11,13-15,17-20,22-23,27,29,39-40H,4,6,10,16,21,24-26H2,1-3H3/b30-17+,32-13+,34-22-. The first kappa shape index (κ1) is 30.3. The fourth-order valence-electron chi connectivity index (χ4n) is 5.50. The van der Waals surface area contributed by atoms with Crippen molar-refractivity contribution in [3.63, 3.8) is 0 Å². The first-order valence-corrected chi connectivity index (χ1v) is 15.6. The zero-order valence-corrected chi connectivity index (χ0v) is 25.7. The minimum atomic E-state index is -0.0875. The van der Waals surface area contributed by atoms with Crippen molar-refractivity contribution in [1.29, 1.82) is 0 Å². The molecule has 5 heteroatoms. The Balaban J connectivity index is 1.43. The largest absolute Gasteiger partial charge is 0.465 e. The lowest BCUT2D eigenvalue weighted by molar-refractivity contribution is -0.146. The number of allylic oxidation sites excluding steroid dienone is 9. The van der Waals surface area contributed by atoms with Gasteiger partial charge in [0.05, 0.1) is 18.0 Å². The summed E-state index contributed by atoms with van der Waals surface area (Å²) >= 11 is 0. The third kappa shape index (κ3) is 8.22. The fraction of sp³-hybridized carbons (Fsp3) is 0.342. The van der Waals surface area contributed by atoms with E-state index in [2.05, 4.69) is 84.9 Å². The van der Waals surface area contributed by atoms with Gasteiger partial charge >= 0.3 is 5.97 Å². The van der Waals surface area contributed by atoms with Gasteiger partial charge in [-0.3, -0.25) is 9.78 Å². The number of aryl methyl sites for hydroxylation is 1. The molecule has 0 radical (unpaired) electrons. The summed E-state index contributed by atoms with van der Waals surface area (Å²) in [6, 6.07) is 12.7. The van der Waals surface area contributed by atoms with Crippen molar-refractivity contribution in [1.82, 2.24) is 15.6 Å². The molecular weight excluding hydrogens is 530 g/mol. The Labute approximate surface area is 255 Å². The van der Waals surface area contributed by atoms with Gasteiger partial charge in [0.25, 0.3) is 0 Å². The normalized spacial score (nSPS) is 19.3. The zero-order valence-electron chi connectivity index (χ0n) is 25.7. The maximum absolute atomic E-state index is 12.4. The second-order valence-electron chi connectivity index (χ2n) is 11.7. The molecule has 3 aliphatic rings. The summed E-state index contributed by atoms with van der Waals surface area (Å²) < 4.78 is 5.52. The topological polar surface area (TPSA) is 63.2 Å². The second kappa shape index (κ2) is 14.8. The van der Waals surface area contributed by atoms with Gasteiger partial charge in [0.15, 0.2) is 0 Å². The van der Waals surface area contributed by atoms with Gasteiger partial charge in [-0.05, 0) is 96.5 Å². The molecule has 2 N–H and O–H groups in total. The summed E-state index contributed by atoms with van der Waals surface area (Å²) in [5.41, 5.74) is 11.2. The first-order valence-electron chi connectivity index (χ1n) is 15.6. The Bertz CT molecular complexity index is 1650. The molecule has 1 saturated heterocycles. The van der Waals surface area contributed by atoms with Crippen molar-refractivity contribution in [2.24, 2.45) is 11.8 Å². The number of benzene rings is 1. The van der Waals surface area contributed by atoms with Crippen LogP contribution in [0.3, 0.4) is 0 Å². The number of pyridine rings is 1. The summed E-state index contributed by atoms with van der Waals surface area (Å²) in [6.07, 6.45) is 21.4. The second-order valence-corrected chi connectivity index (χ2v) is 11.7. The Kier molecular flexibility index (Phi) is 10.4. The van der Waals surface area contributed by atoms with Gasteiger partial charge in [-0.1, -0.05) is 56.7 Å². The van der Waals surface area contributed by atoms with E-state index < -0.39 is 0 Å². The quantitative estimate of drug-likeness (QED) is 0.329. The predicted molar refractivity (Wildman–Crippen MR) is 177 cm³/mol. The molecule has 0 spiro atoms. The number of nitrogens with zero attached hydrogens (tertiary/aromatic N) is 1. The van der Waals surface area contributed by atoms with Crippen molar-refractivity contribution >= 4 is 29.0 Å². The summed E-state index contributed by atoms with van der Waals surface area (Å²) in [4.78, 5) is 17.2. The Hall–Kier alpha value is -4.18. The van der Waals surface area contributed by atoms with E-state index in [9.17, 15) is 4.79 Å². The average Bonchev–Trinajstić information content (AvgIpc) is 3.21. The molecule has 0 bridgehead atoms. The monoisotopic (exact) mass is 573 g/mol. The summed E-state index contributed by atoms with van der Waals surface area (Å²) in [7, 11) is 0. The van der Waals surface area contributed by atoms with Gasteiger partial charge in [0, 0.05) is 48.1 Å². The fourth-order valence-corrected chi connectivity index (χ4v) is 5.50. The lowest BCUT2D eigenvalue weighted by Gasteiger charge is -2.26. The highest BCUT2D eigenvalue weighted by atomic mass is 16.5. The summed E-state index contributed by atoms with van der Waals surface area (Å²) in [5, 5.41) is 8.91. The van der Waals surface area contributed by atoms with Crippen LogP contribution in [0.15, 0.2) is 90.2 Å². The minimum absolute atomic E-state index is 0.0875. The van der Waals surface area contributed by atoms with Crippen molar-refractivity contribution in [2.75, 3.05) is 19.7 Å². The van der Waals surface area contributed by atoms with Crippen LogP contribution in [0.1, 0.15) is 62.9 Å². The molecule has 5 rings (SSSR count). The summed E-state index contributed by atoms with van der Waals surface area (Å²) in [6.45, 7) is 8.81. The molecule has 222 valence electrons. The maximum atomic E-state index is 12.4. The van der Waals surface area contributed by atoms with Crippen LogP contribution >= 0.6 is 0 Å². The molecule has 0 amide bonds. The lowest BCUT2D eigenvalue weighted by atomic mass is 9.93. The number of carbonyl (C=O) groups excluding carboxylic acids is 1. The molecule has 1 fully saturated rings. The predicted octanol–water partition coefficient (Wildman–Crippen LogP) is 5.88. The number of hydrogen-bond acceptors (Lipinski definition) is 5. The van der Waals surface area contributed by atoms with Gasteiger partial charge in [-0.2, -0.15) is 0 Å². The van der Waals surface area contributed by atoms with Crippen molar-refractivity contribution in [2.45, 2.75) is 52.9 Å². The third-order valence-electron chi connectivity index (χ3n) is 8.02. The van der Waals surface area contributed by atoms with Crippen molar-refractivity contribution in [3.8, 4) is 0 Å². The lowest BCUT2D eigenvalue weighted by Crippen LogP contribution is -2.44. The molecule has 0 saturated carbocycles. The molecule has 1 aromatic carbocycles. The van der Waals surface area contributed by atoms with Crippen LogP contribution in [0.5, 0.6) is 0 Å². The molecular formula is C38H43N3O2. The van der Waals surface area contributed by atoms with Gasteiger partial charge in [0.1, 0.15) is 0 Å². The number of nitrogens with one attached hydrogen (secondary N) is 2. The van der Waals surface area contributed by atoms with E-state index in [1.807, 2.05) is 37.4 Å². The Morgan fingerprint density at radius 2 is 2.09 bits per heavy atom. The smallest absolute Gasteiger partial charge is 0.306 e. The van der Waals surface area contributed by atoms with Crippen LogP contribution in [0.2, 0.25) is 0 Å². The molecule has 1 aromatic heterocycles. The molecule has 43 heavy (non-hydrogen) atoms. The number of hydrogen-bond donors (Lipinski definition) is 2. The average molecular weight is 574 g/mol. The van der Waals surface area contributed by atoms with Crippen LogP contribution in [0.4, 0.5) is 0 Å². The highest BCUT2D eigenvalue weighted by Crippen LogP contribution is 2.26. The van der Waals surface area contributed by atoms with E-state index in [1.54, 1.807) is 0 Å². The van der Waals surface area contributed by atoms with E-state index in [-0.39, 0.29) is 11.9 Å². The van der Waals surface area contributed by atoms with Crippen molar-refractivity contribution < 1.29 is 9.53 Å². The van der Waals surface area contributed by atoms with Crippen LogP contribution in [-0.2, 0) is 9.53 Å². The third-order valence-corrected chi connectivity index (χ3v) is 8.02. The number of fused-ring (bicyclic) bond motifs is 1. The molecule has 2 aliphatic heterocycles. The van der Waals surface area contributed by atoms with E-state index in [0.29, 0.717) is 18.9 Å². The van der Waals surface area contributed by atoms with E-state index in [1.165, 1.54) is 11.1 Å². The first-order chi connectivity index (χ1) is 21.0. The minimum Gasteiger partial charge on any atom is -0.465 e. The number of ether oxygens (including phenoxy) is 1. The molecule has 5 nitrogen and oxygen atoms in total. The number of carbonyl (C=O) groups is 1.